The van der Waals surface area contributed by atoms with Crippen molar-refractivity contribution in [1.29, 1.82) is 0 Å². The van der Waals surface area contributed by atoms with Crippen molar-refractivity contribution < 1.29 is 0 Å². The Kier molecular flexibility index (Phi) is 3.58. The van der Waals surface area contributed by atoms with Crippen molar-refractivity contribution in [2.75, 3.05) is 13.6 Å². The summed E-state index contributed by atoms with van der Waals surface area (Å²) in [4.78, 5) is 8.68. The van der Waals surface area contributed by atoms with E-state index in [9.17, 15) is 0 Å². The topological polar surface area (TPSA) is 37.8 Å². The van der Waals surface area contributed by atoms with Gasteiger partial charge in [0.1, 0.15) is 0 Å². The van der Waals surface area contributed by atoms with Gasteiger partial charge in [-0.3, -0.25) is 9.97 Å². The highest BCUT2D eigenvalue weighted by molar-refractivity contribution is 5.11. The summed E-state index contributed by atoms with van der Waals surface area (Å²) in [5, 5.41) is 3.16. The zero-order valence-electron chi connectivity index (χ0n) is 9.46. The molecule has 0 fully saturated rings. The highest BCUT2D eigenvalue weighted by Gasteiger charge is 2.21. The van der Waals surface area contributed by atoms with Crippen LogP contribution in [0.2, 0.25) is 0 Å². The number of nitrogens with zero attached hydrogens (tertiary/aromatic N) is 2. The average molecular weight is 193 g/mol. The molecule has 1 aromatic rings. The van der Waals surface area contributed by atoms with Gasteiger partial charge >= 0.3 is 0 Å². The fourth-order valence-electron chi connectivity index (χ4n) is 1.31. The maximum atomic E-state index is 4.41. The molecule has 1 aromatic heterocycles. The van der Waals surface area contributed by atoms with E-state index in [1.54, 1.807) is 0 Å². The summed E-state index contributed by atoms with van der Waals surface area (Å²) in [5.41, 5.74) is 2.14. The molecule has 0 unspecified atom stereocenters. The second kappa shape index (κ2) is 4.51. The van der Waals surface area contributed by atoms with Gasteiger partial charge in [-0.15, -0.1) is 0 Å². The first-order valence-electron chi connectivity index (χ1n) is 5.00. The Bertz CT molecular complexity index is 277. The zero-order valence-corrected chi connectivity index (χ0v) is 9.46. The molecule has 0 spiro atoms. The molecule has 0 amide bonds. The minimum Gasteiger partial charge on any atom is -0.320 e. The van der Waals surface area contributed by atoms with Crippen LogP contribution in [0.1, 0.15) is 31.7 Å². The summed E-state index contributed by atoms with van der Waals surface area (Å²) in [6, 6.07) is 0. The van der Waals surface area contributed by atoms with Gasteiger partial charge in [0.25, 0.3) is 0 Å². The van der Waals surface area contributed by atoms with Crippen LogP contribution >= 0.6 is 0 Å². The minimum atomic E-state index is 0.101. The van der Waals surface area contributed by atoms with Crippen LogP contribution in [0.15, 0.2) is 12.4 Å². The van der Waals surface area contributed by atoms with Crippen molar-refractivity contribution in [3.63, 3.8) is 0 Å². The number of nitrogens with one attached hydrogen (secondary N) is 1. The summed E-state index contributed by atoms with van der Waals surface area (Å²) >= 11 is 0. The number of hydrogen-bond acceptors (Lipinski definition) is 3. The predicted molar refractivity (Wildman–Crippen MR) is 58.3 cm³/mol. The fourth-order valence-corrected chi connectivity index (χ4v) is 1.31. The van der Waals surface area contributed by atoms with E-state index in [0.717, 1.165) is 24.4 Å². The lowest BCUT2D eigenvalue weighted by Gasteiger charge is -2.23. The van der Waals surface area contributed by atoms with Crippen LogP contribution in [0.4, 0.5) is 0 Å². The predicted octanol–water partition coefficient (Wildman–Crippen LogP) is 1.67. The molecule has 78 valence electrons. The standard InChI is InChI=1S/C11H19N3/c1-9-7-14-10(8-13-9)11(2,3)5-6-12-4/h7-8,12H,5-6H2,1-4H3. The SMILES string of the molecule is CNCCC(C)(C)c1cnc(C)cn1. The van der Waals surface area contributed by atoms with Crippen LogP contribution in [0.3, 0.4) is 0 Å². The van der Waals surface area contributed by atoms with Crippen molar-refractivity contribution in [1.82, 2.24) is 15.3 Å². The van der Waals surface area contributed by atoms with Crippen molar-refractivity contribution >= 4 is 0 Å². The van der Waals surface area contributed by atoms with E-state index in [0.29, 0.717) is 0 Å². The smallest absolute Gasteiger partial charge is 0.0643 e. The first-order valence-corrected chi connectivity index (χ1v) is 5.00. The molecule has 0 aliphatic rings. The Labute approximate surface area is 86.0 Å². The largest absolute Gasteiger partial charge is 0.320 e. The highest BCUT2D eigenvalue weighted by atomic mass is 14.8. The molecule has 1 rings (SSSR count). The van der Waals surface area contributed by atoms with Gasteiger partial charge in [-0.25, -0.2) is 0 Å². The molecular formula is C11H19N3. The molecule has 1 N–H and O–H groups in total. The lowest BCUT2D eigenvalue weighted by Crippen LogP contribution is -2.24. The molecule has 0 aromatic carbocycles. The Morgan fingerprint density at radius 2 is 2.00 bits per heavy atom. The summed E-state index contributed by atoms with van der Waals surface area (Å²) in [6.45, 7) is 7.35. The third-order valence-electron chi connectivity index (χ3n) is 2.47. The molecular weight excluding hydrogens is 174 g/mol. The van der Waals surface area contributed by atoms with Crippen LogP contribution in [-0.4, -0.2) is 23.6 Å². The van der Waals surface area contributed by atoms with Crippen LogP contribution < -0.4 is 5.32 Å². The number of hydrogen-bond donors (Lipinski definition) is 1. The van der Waals surface area contributed by atoms with Gasteiger partial charge in [0.15, 0.2) is 0 Å². The maximum Gasteiger partial charge on any atom is 0.0643 e. The minimum absolute atomic E-state index is 0.101. The Morgan fingerprint density at radius 3 is 2.50 bits per heavy atom. The lowest BCUT2D eigenvalue weighted by atomic mass is 9.86. The lowest BCUT2D eigenvalue weighted by molar-refractivity contribution is 0.454. The molecule has 0 saturated heterocycles. The molecule has 0 aliphatic heterocycles. The molecule has 3 nitrogen and oxygen atoms in total. The summed E-state index contributed by atoms with van der Waals surface area (Å²) in [5.74, 6) is 0. The Morgan fingerprint density at radius 1 is 1.29 bits per heavy atom. The van der Waals surface area contributed by atoms with E-state index in [1.165, 1.54) is 0 Å². The van der Waals surface area contributed by atoms with Gasteiger partial charge in [-0.2, -0.15) is 0 Å². The van der Waals surface area contributed by atoms with Crippen LogP contribution in [0.5, 0.6) is 0 Å². The monoisotopic (exact) mass is 193 g/mol. The molecule has 0 aliphatic carbocycles. The van der Waals surface area contributed by atoms with Gasteiger partial charge in [0.2, 0.25) is 0 Å². The van der Waals surface area contributed by atoms with Crippen molar-refractivity contribution in [3.8, 4) is 0 Å². The van der Waals surface area contributed by atoms with E-state index in [1.807, 2.05) is 26.4 Å². The number of aromatic nitrogens is 2. The van der Waals surface area contributed by atoms with Crippen LogP contribution in [-0.2, 0) is 5.41 Å². The molecule has 0 radical (unpaired) electrons. The van der Waals surface area contributed by atoms with E-state index < -0.39 is 0 Å². The summed E-state index contributed by atoms with van der Waals surface area (Å²) in [6.07, 6.45) is 4.78. The first kappa shape index (κ1) is 11.1. The quantitative estimate of drug-likeness (QED) is 0.790. The molecule has 1 heterocycles. The van der Waals surface area contributed by atoms with E-state index in [4.69, 9.17) is 0 Å². The first-order chi connectivity index (χ1) is 6.56. The Balaban J connectivity index is 2.75. The second-order valence-corrected chi connectivity index (χ2v) is 4.28. The van der Waals surface area contributed by atoms with Gasteiger partial charge in [-0.05, 0) is 26.9 Å². The Hall–Kier alpha value is -0.960. The fraction of sp³-hybridized carbons (Fsp3) is 0.636. The highest BCUT2D eigenvalue weighted by Crippen LogP contribution is 2.23. The van der Waals surface area contributed by atoms with Gasteiger partial charge in [0, 0.05) is 17.8 Å². The van der Waals surface area contributed by atoms with Crippen LogP contribution in [0.25, 0.3) is 0 Å². The van der Waals surface area contributed by atoms with Gasteiger partial charge in [-0.1, -0.05) is 13.8 Å². The third kappa shape index (κ3) is 2.77. The van der Waals surface area contributed by atoms with Crippen molar-refractivity contribution in [2.24, 2.45) is 0 Å². The molecule has 0 atom stereocenters. The average Bonchev–Trinajstić information content (AvgIpc) is 2.16. The van der Waals surface area contributed by atoms with E-state index in [2.05, 4.69) is 29.1 Å². The maximum absolute atomic E-state index is 4.41. The normalized spacial score (nSPS) is 11.7. The third-order valence-corrected chi connectivity index (χ3v) is 2.47. The zero-order chi connectivity index (χ0) is 10.6. The second-order valence-electron chi connectivity index (χ2n) is 4.28. The van der Waals surface area contributed by atoms with Gasteiger partial charge in [0.05, 0.1) is 11.4 Å². The summed E-state index contributed by atoms with van der Waals surface area (Å²) < 4.78 is 0. The molecule has 0 saturated carbocycles. The number of aryl methyl sites for hydroxylation is 1. The molecule has 14 heavy (non-hydrogen) atoms. The molecule has 0 bridgehead atoms. The van der Waals surface area contributed by atoms with Crippen molar-refractivity contribution in [2.45, 2.75) is 32.6 Å². The van der Waals surface area contributed by atoms with Crippen LogP contribution in [0, 0.1) is 6.92 Å². The van der Waals surface area contributed by atoms with E-state index in [-0.39, 0.29) is 5.41 Å². The summed E-state index contributed by atoms with van der Waals surface area (Å²) in [7, 11) is 1.97. The van der Waals surface area contributed by atoms with E-state index >= 15 is 0 Å². The van der Waals surface area contributed by atoms with Gasteiger partial charge < -0.3 is 5.32 Å². The van der Waals surface area contributed by atoms with Crippen molar-refractivity contribution in [3.05, 3.63) is 23.8 Å². The number of rotatable bonds is 4. The molecule has 3 heteroatoms.